The first-order chi connectivity index (χ1) is 12.8. The molecule has 0 radical (unpaired) electrons. The zero-order chi connectivity index (χ0) is 19.7. The summed E-state index contributed by atoms with van der Waals surface area (Å²) in [7, 11) is 2.88. The van der Waals surface area contributed by atoms with Gasteiger partial charge in [-0.3, -0.25) is 13.9 Å². The van der Waals surface area contributed by atoms with Gasteiger partial charge in [-0.1, -0.05) is 15.9 Å². The van der Waals surface area contributed by atoms with E-state index in [0.717, 1.165) is 9.04 Å². The van der Waals surface area contributed by atoms with E-state index >= 15 is 0 Å². The lowest BCUT2D eigenvalue weighted by atomic mass is 10.2. The molecule has 3 aromatic rings. The number of halogens is 1. The third-order valence-corrected chi connectivity index (χ3v) is 4.53. The number of nitrogens with zero attached hydrogens (tertiary/aromatic N) is 5. The average Bonchev–Trinajstić information content (AvgIpc) is 2.99. The van der Waals surface area contributed by atoms with Gasteiger partial charge < -0.3 is 14.8 Å². The van der Waals surface area contributed by atoms with E-state index in [0.29, 0.717) is 5.56 Å². The number of aryl methyl sites for hydroxylation is 1. The van der Waals surface area contributed by atoms with Crippen LogP contribution in [0.2, 0.25) is 0 Å². The fraction of sp³-hybridized carbons (Fsp3) is 0.250. The highest BCUT2D eigenvalue weighted by Crippen LogP contribution is 2.21. The Balaban J connectivity index is 2.06. The molecule has 0 unspecified atom stereocenters. The number of anilines is 1. The zero-order valence-electron chi connectivity index (χ0n) is 14.5. The molecule has 0 aliphatic heterocycles. The zero-order valence-corrected chi connectivity index (χ0v) is 16.1. The van der Waals surface area contributed by atoms with Crippen molar-refractivity contribution >= 4 is 39.3 Å². The molecule has 3 N–H and O–H groups in total. The molecule has 0 aliphatic carbocycles. The van der Waals surface area contributed by atoms with Crippen molar-refractivity contribution < 1.29 is 10.2 Å². The van der Waals surface area contributed by atoms with Crippen LogP contribution >= 0.6 is 15.9 Å². The highest BCUT2D eigenvalue weighted by molar-refractivity contribution is 9.10. The fourth-order valence-electron chi connectivity index (χ4n) is 2.64. The SMILES string of the molecule is Cn1c(=O)c2c(nc(NN=Cc3ccc(Br)cc3O)n2CCO)n(C)c1=O. The van der Waals surface area contributed by atoms with E-state index in [4.69, 9.17) is 0 Å². The molecule has 0 atom stereocenters. The molecule has 142 valence electrons. The van der Waals surface area contributed by atoms with Gasteiger partial charge in [0.15, 0.2) is 11.2 Å². The van der Waals surface area contributed by atoms with Gasteiger partial charge in [-0.05, 0) is 18.2 Å². The fourth-order valence-corrected chi connectivity index (χ4v) is 2.98. The van der Waals surface area contributed by atoms with Crippen LogP contribution in [0.1, 0.15) is 5.56 Å². The van der Waals surface area contributed by atoms with Crippen LogP contribution in [-0.4, -0.2) is 41.7 Å². The van der Waals surface area contributed by atoms with Gasteiger partial charge in [-0.15, -0.1) is 0 Å². The largest absolute Gasteiger partial charge is 0.507 e. The van der Waals surface area contributed by atoms with Gasteiger partial charge in [-0.25, -0.2) is 10.2 Å². The molecular weight excluding hydrogens is 420 g/mol. The van der Waals surface area contributed by atoms with Gasteiger partial charge >= 0.3 is 5.69 Å². The van der Waals surface area contributed by atoms with Crippen molar-refractivity contribution in [2.24, 2.45) is 19.2 Å². The van der Waals surface area contributed by atoms with E-state index in [1.807, 2.05) is 0 Å². The quantitative estimate of drug-likeness (QED) is 0.391. The van der Waals surface area contributed by atoms with Gasteiger partial charge in [-0.2, -0.15) is 10.1 Å². The van der Waals surface area contributed by atoms with Crippen molar-refractivity contribution in [1.29, 1.82) is 0 Å². The number of phenols is 1. The van der Waals surface area contributed by atoms with Crippen LogP contribution in [0, 0.1) is 0 Å². The van der Waals surface area contributed by atoms with E-state index in [-0.39, 0.29) is 36.0 Å². The molecule has 2 aromatic heterocycles. The van der Waals surface area contributed by atoms with Crippen molar-refractivity contribution in [1.82, 2.24) is 18.7 Å². The Labute approximate surface area is 161 Å². The lowest BCUT2D eigenvalue weighted by Gasteiger charge is -2.07. The van der Waals surface area contributed by atoms with Gasteiger partial charge in [0.05, 0.1) is 12.8 Å². The molecule has 11 heteroatoms. The maximum atomic E-state index is 12.5. The first-order valence-electron chi connectivity index (χ1n) is 7.90. The topological polar surface area (TPSA) is 127 Å². The lowest BCUT2D eigenvalue weighted by Crippen LogP contribution is -2.37. The summed E-state index contributed by atoms with van der Waals surface area (Å²) in [5.74, 6) is 0.222. The minimum atomic E-state index is -0.517. The molecule has 0 amide bonds. The molecule has 0 aliphatic rings. The minimum Gasteiger partial charge on any atom is -0.507 e. The van der Waals surface area contributed by atoms with Crippen LogP contribution in [0.3, 0.4) is 0 Å². The Kier molecular flexibility index (Phi) is 5.15. The highest BCUT2D eigenvalue weighted by Gasteiger charge is 2.18. The molecule has 10 nitrogen and oxygen atoms in total. The maximum Gasteiger partial charge on any atom is 0.332 e. The first-order valence-corrected chi connectivity index (χ1v) is 8.69. The highest BCUT2D eigenvalue weighted by atomic mass is 79.9. The number of benzene rings is 1. The number of hydrogen-bond donors (Lipinski definition) is 3. The second-order valence-corrected chi connectivity index (χ2v) is 6.68. The number of aromatic hydroxyl groups is 1. The normalized spacial score (nSPS) is 11.6. The smallest absolute Gasteiger partial charge is 0.332 e. The predicted octanol–water partition coefficient (Wildman–Crippen LogP) is 0.340. The summed E-state index contributed by atoms with van der Waals surface area (Å²) in [4.78, 5) is 28.8. The second kappa shape index (κ2) is 7.37. The maximum absolute atomic E-state index is 12.5. The lowest BCUT2D eigenvalue weighted by molar-refractivity contribution is 0.278. The van der Waals surface area contributed by atoms with Crippen LogP contribution in [-0.2, 0) is 20.6 Å². The number of aromatic nitrogens is 4. The number of rotatable bonds is 5. The van der Waals surface area contributed by atoms with Crippen molar-refractivity contribution in [3.63, 3.8) is 0 Å². The van der Waals surface area contributed by atoms with Crippen LogP contribution in [0.4, 0.5) is 5.95 Å². The van der Waals surface area contributed by atoms with Crippen LogP contribution in [0.15, 0.2) is 37.4 Å². The molecule has 27 heavy (non-hydrogen) atoms. The number of aliphatic hydroxyl groups is 1. The monoisotopic (exact) mass is 436 g/mol. The van der Waals surface area contributed by atoms with Crippen molar-refractivity contribution in [3.05, 3.63) is 49.1 Å². The average molecular weight is 437 g/mol. The summed E-state index contributed by atoms with van der Waals surface area (Å²) in [5.41, 5.74) is 2.51. The number of phenolic OH excluding ortho intramolecular Hbond substituents is 1. The number of aliphatic hydroxyl groups excluding tert-OH is 1. The molecule has 0 fully saturated rings. The van der Waals surface area contributed by atoms with Gasteiger partial charge in [0, 0.05) is 30.7 Å². The van der Waals surface area contributed by atoms with Crippen LogP contribution in [0.5, 0.6) is 5.75 Å². The molecular formula is C16H17BrN6O4. The van der Waals surface area contributed by atoms with Gasteiger partial charge in [0.2, 0.25) is 5.95 Å². The van der Waals surface area contributed by atoms with Gasteiger partial charge in [0.1, 0.15) is 5.75 Å². The Morgan fingerprint density at radius 2 is 2.04 bits per heavy atom. The summed E-state index contributed by atoms with van der Waals surface area (Å²) in [5, 5.41) is 23.3. The van der Waals surface area contributed by atoms with E-state index < -0.39 is 11.2 Å². The van der Waals surface area contributed by atoms with Crippen molar-refractivity contribution in [2.45, 2.75) is 6.54 Å². The van der Waals surface area contributed by atoms with E-state index in [1.54, 1.807) is 12.1 Å². The van der Waals surface area contributed by atoms with E-state index in [9.17, 15) is 19.8 Å². The van der Waals surface area contributed by atoms with Crippen LogP contribution in [0.25, 0.3) is 11.2 Å². The van der Waals surface area contributed by atoms with Crippen LogP contribution < -0.4 is 16.7 Å². The third kappa shape index (κ3) is 3.38. The van der Waals surface area contributed by atoms with Gasteiger partial charge in [0.25, 0.3) is 5.56 Å². The van der Waals surface area contributed by atoms with E-state index in [2.05, 4.69) is 31.4 Å². The summed E-state index contributed by atoms with van der Waals surface area (Å²) in [6, 6.07) is 4.95. The Hall–Kier alpha value is -2.92. The summed E-state index contributed by atoms with van der Waals surface area (Å²) in [6.07, 6.45) is 1.39. The Morgan fingerprint density at radius 1 is 1.30 bits per heavy atom. The van der Waals surface area contributed by atoms with E-state index in [1.165, 1.54) is 35.5 Å². The van der Waals surface area contributed by atoms with Crippen molar-refractivity contribution in [3.8, 4) is 5.75 Å². The molecule has 3 rings (SSSR count). The summed E-state index contributed by atoms with van der Waals surface area (Å²) >= 11 is 3.26. The molecule has 0 bridgehead atoms. The number of fused-ring (bicyclic) bond motifs is 1. The number of hydrazone groups is 1. The summed E-state index contributed by atoms with van der Waals surface area (Å²) < 4.78 is 4.41. The first kappa shape index (κ1) is 18.9. The Bertz CT molecular complexity index is 1160. The molecule has 2 heterocycles. The molecule has 1 aromatic carbocycles. The summed E-state index contributed by atoms with van der Waals surface area (Å²) in [6.45, 7) is -0.144. The molecule has 0 saturated carbocycles. The third-order valence-electron chi connectivity index (χ3n) is 4.03. The second-order valence-electron chi connectivity index (χ2n) is 5.76. The van der Waals surface area contributed by atoms with Crippen molar-refractivity contribution in [2.75, 3.05) is 12.0 Å². The molecule has 0 spiro atoms. The number of hydrogen-bond acceptors (Lipinski definition) is 7. The Morgan fingerprint density at radius 3 is 2.70 bits per heavy atom. The predicted molar refractivity (Wildman–Crippen MR) is 104 cm³/mol. The standard InChI is InChI=1S/C16H17BrN6O4/c1-21-13-12(14(26)22(2)16(21)27)23(5-6-24)15(19-13)20-18-8-9-3-4-10(17)7-11(9)25/h3-4,7-8,24-25H,5-6H2,1-2H3,(H,19,20). The number of imidazole rings is 1. The molecule has 0 saturated heterocycles. The minimum absolute atomic E-state index is 0.0371. The number of nitrogens with one attached hydrogen (secondary N) is 1.